The summed E-state index contributed by atoms with van der Waals surface area (Å²) < 4.78 is 36.2. The molecule has 0 saturated carbocycles. The Morgan fingerprint density at radius 3 is 2.65 bits per heavy atom. The molecule has 0 aliphatic rings. The van der Waals surface area contributed by atoms with Crippen molar-refractivity contribution in [2.24, 2.45) is 0 Å². The van der Waals surface area contributed by atoms with Gasteiger partial charge in [0, 0.05) is 7.11 Å². The van der Waals surface area contributed by atoms with Gasteiger partial charge < -0.3 is 14.4 Å². The van der Waals surface area contributed by atoms with Crippen molar-refractivity contribution in [3.05, 3.63) is 35.2 Å². The lowest BCUT2D eigenvalue weighted by Gasteiger charge is -2.03. The lowest BCUT2D eigenvalue weighted by atomic mass is 10.1. The van der Waals surface area contributed by atoms with Crippen molar-refractivity contribution in [2.75, 3.05) is 7.11 Å². The second kappa shape index (κ2) is 5.33. The fourth-order valence-corrected chi connectivity index (χ4v) is 1.52. The molecule has 2 aromatic rings. The SMILES string of the molecule is COC(C)c1noc(-c2cc(F)c(F)cc2C(=O)O)n1. The van der Waals surface area contributed by atoms with Crippen LogP contribution in [0.5, 0.6) is 0 Å². The fourth-order valence-electron chi connectivity index (χ4n) is 1.52. The van der Waals surface area contributed by atoms with E-state index in [-0.39, 0.29) is 17.3 Å². The Balaban J connectivity index is 2.54. The van der Waals surface area contributed by atoms with Gasteiger partial charge in [-0.3, -0.25) is 0 Å². The maximum atomic E-state index is 13.3. The monoisotopic (exact) mass is 284 g/mol. The van der Waals surface area contributed by atoms with Gasteiger partial charge in [0.15, 0.2) is 11.6 Å². The largest absolute Gasteiger partial charge is 0.478 e. The molecule has 1 aromatic carbocycles. The van der Waals surface area contributed by atoms with Crippen LogP contribution in [-0.2, 0) is 4.74 Å². The number of hydrogen-bond acceptors (Lipinski definition) is 5. The highest BCUT2D eigenvalue weighted by Crippen LogP contribution is 2.26. The van der Waals surface area contributed by atoms with Crippen molar-refractivity contribution in [2.45, 2.75) is 13.0 Å². The number of carbonyl (C=O) groups is 1. The quantitative estimate of drug-likeness (QED) is 0.928. The van der Waals surface area contributed by atoms with E-state index >= 15 is 0 Å². The first-order valence-corrected chi connectivity index (χ1v) is 5.53. The minimum Gasteiger partial charge on any atom is -0.478 e. The molecule has 2 rings (SSSR count). The molecule has 0 radical (unpaired) electrons. The van der Waals surface area contributed by atoms with Crippen molar-refractivity contribution in [1.82, 2.24) is 10.1 Å². The Hall–Kier alpha value is -2.35. The van der Waals surface area contributed by atoms with E-state index in [1.165, 1.54) is 7.11 Å². The topological polar surface area (TPSA) is 85.5 Å². The van der Waals surface area contributed by atoms with Crippen molar-refractivity contribution >= 4 is 5.97 Å². The smallest absolute Gasteiger partial charge is 0.336 e. The number of methoxy groups -OCH3 is 1. The van der Waals surface area contributed by atoms with E-state index in [0.717, 1.165) is 0 Å². The zero-order valence-electron chi connectivity index (χ0n) is 10.6. The zero-order chi connectivity index (χ0) is 14.9. The number of aromatic carboxylic acids is 1. The average Bonchev–Trinajstić information content (AvgIpc) is 2.89. The summed E-state index contributed by atoms with van der Waals surface area (Å²) in [5.41, 5.74) is -0.664. The van der Waals surface area contributed by atoms with Gasteiger partial charge in [-0.15, -0.1) is 0 Å². The molecule has 1 N–H and O–H groups in total. The highest BCUT2D eigenvalue weighted by atomic mass is 19.2. The van der Waals surface area contributed by atoms with Gasteiger partial charge in [0.05, 0.1) is 11.1 Å². The van der Waals surface area contributed by atoms with Crippen molar-refractivity contribution < 1.29 is 27.9 Å². The summed E-state index contributed by atoms with van der Waals surface area (Å²) in [4.78, 5) is 15.0. The van der Waals surface area contributed by atoms with Crippen molar-refractivity contribution in [1.29, 1.82) is 0 Å². The molecule has 0 bridgehead atoms. The van der Waals surface area contributed by atoms with Crippen LogP contribution in [0.4, 0.5) is 8.78 Å². The summed E-state index contributed by atoms with van der Waals surface area (Å²) in [7, 11) is 1.43. The van der Waals surface area contributed by atoms with Gasteiger partial charge in [-0.2, -0.15) is 4.98 Å². The maximum Gasteiger partial charge on any atom is 0.336 e. The van der Waals surface area contributed by atoms with Gasteiger partial charge in [-0.05, 0) is 19.1 Å². The molecule has 20 heavy (non-hydrogen) atoms. The van der Waals surface area contributed by atoms with E-state index in [1.807, 2.05) is 0 Å². The molecule has 0 aliphatic heterocycles. The second-order valence-corrected chi connectivity index (χ2v) is 3.95. The summed E-state index contributed by atoms with van der Waals surface area (Å²) in [5.74, 6) is -3.96. The first kappa shape index (κ1) is 14.1. The molecule has 6 nitrogen and oxygen atoms in total. The van der Waals surface area contributed by atoms with Gasteiger partial charge in [-0.25, -0.2) is 13.6 Å². The van der Waals surface area contributed by atoms with Crippen LogP contribution in [0.25, 0.3) is 11.5 Å². The van der Waals surface area contributed by atoms with Crippen LogP contribution < -0.4 is 0 Å². The van der Waals surface area contributed by atoms with E-state index in [2.05, 4.69) is 10.1 Å². The lowest BCUT2D eigenvalue weighted by molar-refractivity contribution is 0.0696. The lowest BCUT2D eigenvalue weighted by Crippen LogP contribution is -2.03. The van der Waals surface area contributed by atoms with Crippen molar-refractivity contribution in [3.63, 3.8) is 0 Å². The number of rotatable bonds is 4. The Morgan fingerprint density at radius 2 is 2.05 bits per heavy atom. The summed E-state index contributed by atoms with van der Waals surface area (Å²) in [6.07, 6.45) is -0.480. The fraction of sp³-hybridized carbons (Fsp3) is 0.250. The first-order valence-electron chi connectivity index (χ1n) is 5.53. The Bertz CT molecular complexity index is 657. The predicted octanol–water partition coefficient (Wildman–Crippen LogP) is 2.42. The van der Waals surface area contributed by atoms with Gasteiger partial charge >= 0.3 is 5.97 Å². The highest BCUT2D eigenvalue weighted by molar-refractivity contribution is 5.94. The van der Waals surface area contributed by atoms with E-state index in [0.29, 0.717) is 12.1 Å². The molecule has 1 atom stereocenters. The van der Waals surface area contributed by atoms with Gasteiger partial charge in [0.25, 0.3) is 5.89 Å². The highest BCUT2D eigenvalue weighted by Gasteiger charge is 2.22. The molecule has 8 heteroatoms. The maximum absolute atomic E-state index is 13.3. The Labute approximate surface area is 112 Å². The molecule has 0 amide bonds. The number of ether oxygens (including phenoxy) is 1. The average molecular weight is 284 g/mol. The number of nitrogens with zero attached hydrogens (tertiary/aromatic N) is 2. The third-order valence-corrected chi connectivity index (χ3v) is 2.68. The number of halogens is 2. The third kappa shape index (κ3) is 2.50. The number of carboxylic acids is 1. The number of benzene rings is 1. The summed E-state index contributed by atoms with van der Waals surface area (Å²) >= 11 is 0. The van der Waals surface area contributed by atoms with Crippen LogP contribution in [0.15, 0.2) is 16.7 Å². The van der Waals surface area contributed by atoms with Crippen molar-refractivity contribution in [3.8, 4) is 11.5 Å². The molecule has 106 valence electrons. The molecule has 0 saturated heterocycles. The Kier molecular flexibility index (Phi) is 3.75. The Morgan fingerprint density at radius 1 is 1.40 bits per heavy atom. The van der Waals surface area contributed by atoms with Crippen LogP contribution >= 0.6 is 0 Å². The molecule has 0 spiro atoms. The van der Waals surface area contributed by atoms with Gasteiger partial charge in [0.1, 0.15) is 6.10 Å². The molecule has 1 unspecified atom stereocenters. The zero-order valence-corrected chi connectivity index (χ0v) is 10.6. The molecule has 1 aromatic heterocycles. The molecular formula is C12H10F2N2O4. The first-order chi connectivity index (χ1) is 9.43. The number of aromatic nitrogens is 2. The van der Waals surface area contributed by atoms with Crippen LogP contribution in [0.2, 0.25) is 0 Å². The summed E-state index contributed by atoms with van der Waals surface area (Å²) in [6.45, 7) is 1.65. The van der Waals surface area contributed by atoms with E-state index in [1.54, 1.807) is 6.92 Å². The number of hydrogen-bond donors (Lipinski definition) is 1. The molecule has 1 heterocycles. The molecule has 0 fully saturated rings. The van der Waals surface area contributed by atoms with Crippen LogP contribution in [0, 0.1) is 11.6 Å². The number of carboxylic acid groups (broad SMARTS) is 1. The van der Waals surface area contributed by atoms with E-state index < -0.39 is 29.3 Å². The van der Waals surface area contributed by atoms with Crippen LogP contribution in [0.3, 0.4) is 0 Å². The summed E-state index contributed by atoms with van der Waals surface area (Å²) in [5, 5.41) is 12.6. The van der Waals surface area contributed by atoms with Crippen LogP contribution in [-0.4, -0.2) is 28.3 Å². The van der Waals surface area contributed by atoms with Crippen LogP contribution in [0.1, 0.15) is 29.2 Å². The van der Waals surface area contributed by atoms with E-state index in [9.17, 15) is 13.6 Å². The minimum absolute atomic E-state index is 0.170. The third-order valence-electron chi connectivity index (χ3n) is 2.68. The minimum atomic E-state index is -1.43. The molecule has 0 aliphatic carbocycles. The molecular weight excluding hydrogens is 274 g/mol. The predicted molar refractivity (Wildman–Crippen MR) is 62.0 cm³/mol. The second-order valence-electron chi connectivity index (χ2n) is 3.95. The van der Waals surface area contributed by atoms with Gasteiger partial charge in [-0.1, -0.05) is 5.16 Å². The summed E-state index contributed by atoms with van der Waals surface area (Å²) in [6, 6.07) is 1.27. The van der Waals surface area contributed by atoms with Gasteiger partial charge in [0.2, 0.25) is 5.82 Å². The van der Waals surface area contributed by atoms with E-state index in [4.69, 9.17) is 14.4 Å². The normalized spacial score (nSPS) is 12.4. The standard InChI is InChI=1S/C12H10F2N2O4/c1-5(19-2)10-15-11(20-16-10)6-3-8(13)9(14)4-7(6)12(17)18/h3-5H,1-2H3,(H,17,18).